The first-order valence-electron chi connectivity index (χ1n) is 1.55. The number of halogens is 3. The van der Waals surface area contributed by atoms with Gasteiger partial charge in [0.15, 0.2) is 0 Å². The van der Waals surface area contributed by atoms with Gasteiger partial charge in [0.25, 0.3) is 6.43 Å². The van der Waals surface area contributed by atoms with Crippen molar-refractivity contribution in [2.75, 3.05) is 5.88 Å². The molecule has 0 unspecified atom stereocenters. The summed E-state index contributed by atoms with van der Waals surface area (Å²) >= 11 is 4.72. The van der Waals surface area contributed by atoms with Gasteiger partial charge in [-0.15, -0.1) is 11.6 Å². The summed E-state index contributed by atoms with van der Waals surface area (Å²) in [5, 5.41) is 0. The molecule has 0 radical (unpaired) electrons. The lowest BCUT2D eigenvalue weighted by Gasteiger charge is -1.87. The van der Waals surface area contributed by atoms with Gasteiger partial charge in [0.1, 0.15) is 0 Å². The van der Waals surface area contributed by atoms with Gasteiger partial charge >= 0.3 is 0 Å². The summed E-state index contributed by atoms with van der Waals surface area (Å²) in [5.41, 5.74) is 0. The Kier molecular flexibility index (Phi) is 6.59. The van der Waals surface area contributed by atoms with E-state index in [9.17, 15) is 13.6 Å². The molecule has 50 valence electrons. The Morgan fingerprint density at radius 1 is 1.62 bits per heavy atom. The molecule has 0 heterocycles. The Morgan fingerprint density at radius 3 is 2.00 bits per heavy atom. The summed E-state index contributed by atoms with van der Waals surface area (Å²) in [6.45, 7) is 0. The number of ketones is 1. The predicted molar refractivity (Wildman–Crippen MR) is 25.3 cm³/mol. The molecule has 0 rings (SSSR count). The quantitative estimate of drug-likeness (QED) is 0.515. The van der Waals surface area contributed by atoms with E-state index in [1.165, 1.54) is 0 Å². The summed E-state index contributed by atoms with van der Waals surface area (Å²) in [7, 11) is 0. The Morgan fingerprint density at radius 2 is 2.00 bits per heavy atom. The molecule has 0 atom stereocenters. The number of alkyl halides is 3. The van der Waals surface area contributed by atoms with Crippen LogP contribution in [0, 0.1) is 0 Å². The van der Waals surface area contributed by atoms with Crippen LogP contribution in [0.15, 0.2) is 0 Å². The molecular weight excluding hydrogens is 141 g/mol. The summed E-state index contributed by atoms with van der Waals surface area (Å²) in [5.74, 6) is -1.82. The van der Waals surface area contributed by atoms with Crippen LogP contribution >= 0.6 is 11.6 Å². The second-order valence-corrected chi connectivity index (χ2v) is 1.17. The minimum absolute atomic E-state index is 0. The molecule has 2 nitrogen and oxygen atoms in total. The largest absolute Gasteiger partial charge is 0.412 e. The lowest BCUT2D eigenvalue weighted by Crippen LogP contribution is -2.10. The molecule has 8 heavy (non-hydrogen) atoms. The minimum Gasteiger partial charge on any atom is -0.412 e. The number of rotatable bonds is 2. The number of carbonyl (C=O) groups excluding carboxylic acids is 1. The maximum Gasteiger partial charge on any atom is 0.297 e. The van der Waals surface area contributed by atoms with E-state index in [-0.39, 0.29) is 5.48 Å². The van der Waals surface area contributed by atoms with Crippen molar-refractivity contribution >= 4 is 17.4 Å². The smallest absolute Gasteiger partial charge is 0.297 e. The van der Waals surface area contributed by atoms with E-state index in [2.05, 4.69) is 0 Å². The van der Waals surface area contributed by atoms with Crippen molar-refractivity contribution < 1.29 is 19.1 Å². The molecule has 0 aromatic rings. The van der Waals surface area contributed by atoms with Gasteiger partial charge in [-0.05, 0) is 0 Å². The van der Waals surface area contributed by atoms with E-state index in [0.717, 1.165) is 0 Å². The maximum atomic E-state index is 11.0. The van der Waals surface area contributed by atoms with E-state index >= 15 is 0 Å². The summed E-state index contributed by atoms with van der Waals surface area (Å²) in [4.78, 5) is 9.63. The van der Waals surface area contributed by atoms with Gasteiger partial charge in [0.2, 0.25) is 5.78 Å². The summed E-state index contributed by atoms with van der Waals surface area (Å²) in [6.07, 6.45) is -2.91. The van der Waals surface area contributed by atoms with Gasteiger partial charge in [-0.25, -0.2) is 8.78 Å². The van der Waals surface area contributed by atoms with Gasteiger partial charge in [-0.3, -0.25) is 4.79 Å². The highest BCUT2D eigenvalue weighted by molar-refractivity contribution is 6.28. The van der Waals surface area contributed by atoms with Crippen LogP contribution in [0.4, 0.5) is 8.78 Å². The molecule has 0 aliphatic heterocycles. The molecule has 0 saturated carbocycles. The first kappa shape index (κ1) is 10.7. The van der Waals surface area contributed by atoms with E-state index in [4.69, 9.17) is 11.6 Å². The molecule has 0 amide bonds. The average Bonchev–Trinajstić information content (AvgIpc) is 1.65. The molecule has 0 bridgehead atoms. The highest BCUT2D eigenvalue weighted by atomic mass is 35.5. The highest BCUT2D eigenvalue weighted by Crippen LogP contribution is 1.94. The summed E-state index contributed by atoms with van der Waals surface area (Å²) in [6, 6.07) is 0. The fraction of sp³-hybridized carbons (Fsp3) is 0.667. The fourth-order valence-corrected chi connectivity index (χ4v) is 0.175. The van der Waals surface area contributed by atoms with Crippen LogP contribution in [0.3, 0.4) is 0 Å². The van der Waals surface area contributed by atoms with Crippen molar-refractivity contribution in [3.63, 3.8) is 0 Å². The third-order valence-corrected chi connectivity index (χ3v) is 0.639. The molecule has 0 aromatic heterocycles. The molecular formula is C3H5ClF2O2. The van der Waals surface area contributed by atoms with E-state index < -0.39 is 18.1 Å². The monoisotopic (exact) mass is 146 g/mol. The predicted octanol–water partition coefficient (Wildman–Crippen LogP) is 0.235. The van der Waals surface area contributed by atoms with Crippen molar-refractivity contribution in [1.29, 1.82) is 0 Å². The minimum atomic E-state index is -2.91. The second kappa shape index (κ2) is 4.93. The van der Waals surface area contributed by atoms with E-state index in [1.807, 2.05) is 0 Å². The standard InChI is InChI=1S/C3H3ClF2O.H2O/c4-1-2(7)3(5)6;/h3H,1H2;1H2. The van der Waals surface area contributed by atoms with Crippen LogP contribution in [0.25, 0.3) is 0 Å². The zero-order valence-corrected chi connectivity index (χ0v) is 4.58. The van der Waals surface area contributed by atoms with E-state index in [0.29, 0.717) is 0 Å². The molecule has 0 spiro atoms. The highest BCUT2D eigenvalue weighted by Gasteiger charge is 2.11. The third-order valence-electron chi connectivity index (χ3n) is 0.375. The van der Waals surface area contributed by atoms with Crippen LogP contribution < -0.4 is 0 Å². The number of Topliss-reactive ketones (excluding diaryl/α,β-unsaturated/α-hetero) is 1. The molecule has 0 aromatic carbocycles. The number of hydrogen-bond donors (Lipinski definition) is 0. The van der Waals surface area contributed by atoms with E-state index in [1.54, 1.807) is 0 Å². The SMILES string of the molecule is O.O=C(CCl)C(F)F. The fourth-order valence-electron chi connectivity index (χ4n) is 0.0583. The molecule has 0 aliphatic carbocycles. The second-order valence-electron chi connectivity index (χ2n) is 0.901. The third kappa shape index (κ3) is 3.95. The molecule has 5 heteroatoms. The summed E-state index contributed by atoms with van der Waals surface area (Å²) < 4.78 is 22.0. The van der Waals surface area contributed by atoms with Crippen LogP contribution in [0.5, 0.6) is 0 Å². The van der Waals surface area contributed by atoms with Crippen molar-refractivity contribution in [3.8, 4) is 0 Å². The van der Waals surface area contributed by atoms with Gasteiger partial charge in [-0.1, -0.05) is 0 Å². The Hall–Kier alpha value is -0.220. The van der Waals surface area contributed by atoms with Crippen molar-refractivity contribution in [2.24, 2.45) is 0 Å². The van der Waals surface area contributed by atoms with Crippen molar-refractivity contribution in [2.45, 2.75) is 6.43 Å². The Bertz CT molecular complexity index is 75.7. The van der Waals surface area contributed by atoms with Crippen LogP contribution in [0.2, 0.25) is 0 Å². The van der Waals surface area contributed by atoms with Crippen LogP contribution in [0.1, 0.15) is 0 Å². The first-order chi connectivity index (χ1) is 3.18. The Labute approximate surface area is 49.7 Å². The zero-order valence-electron chi connectivity index (χ0n) is 3.83. The number of hydrogen-bond acceptors (Lipinski definition) is 1. The lowest BCUT2D eigenvalue weighted by atomic mass is 10.5. The molecule has 0 aliphatic rings. The zero-order chi connectivity index (χ0) is 5.86. The molecule has 0 saturated heterocycles. The number of carbonyl (C=O) groups is 1. The van der Waals surface area contributed by atoms with Crippen molar-refractivity contribution in [3.05, 3.63) is 0 Å². The average molecular weight is 147 g/mol. The topological polar surface area (TPSA) is 48.6 Å². The van der Waals surface area contributed by atoms with Gasteiger partial charge in [-0.2, -0.15) is 0 Å². The van der Waals surface area contributed by atoms with Crippen molar-refractivity contribution in [1.82, 2.24) is 0 Å². The van der Waals surface area contributed by atoms with Gasteiger partial charge < -0.3 is 5.48 Å². The normalized spacial score (nSPS) is 8.50. The first-order valence-corrected chi connectivity index (χ1v) is 2.08. The van der Waals surface area contributed by atoms with Gasteiger partial charge in [0, 0.05) is 0 Å². The molecule has 2 N–H and O–H groups in total. The molecule has 0 fully saturated rings. The van der Waals surface area contributed by atoms with Crippen LogP contribution in [-0.4, -0.2) is 23.6 Å². The maximum absolute atomic E-state index is 11.0. The van der Waals surface area contributed by atoms with Gasteiger partial charge in [0.05, 0.1) is 5.88 Å². The van der Waals surface area contributed by atoms with Crippen LogP contribution in [-0.2, 0) is 4.79 Å². The lowest BCUT2D eigenvalue weighted by molar-refractivity contribution is -0.126. The Balaban J connectivity index is 0.